The minimum atomic E-state index is -0.464. The van der Waals surface area contributed by atoms with Crippen molar-refractivity contribution in [2.45, 2.75) is 59.0 Å². The van der Waals surface area contributed by atoms with E-state index in [4.69, 9.17) is 14.2 Å². The van der Waals surface area contributed by atoms with Crippen molar-refractivity contribution in [3.05, 3.63) is 59.7 Å². The molecule has 0 aliphatic carbocycles. The Bertz CT molecular complexity index is 765. The summed E-state index contributed by atoms with van der Waals surface area (Å²) in [5.74, 6) is 0.263. The van der Waals surface area contributed by atoms with Crippen LogP contribution in [-0.4, -0.2) is 24.6 Å². The SMILES string of the molecule is CCCCOc1ccc(C(=O)Oc2ccc(C(=O)O[C@@H](C)CCCC)cc2)cc1. The highest BCUT2D eigenvalue weighted by Gasteiger charge is 2.13. The van der Waals surface area contributed by atoms with Gasteiger partial charge in [0.25, 0.3) is 0 Å². The Kier molecular flexibility index (Phi) is 9.22. The molecule has 0 aliphatic heterocycles. The van der Waals surface area contributed by atoms with E-state index in [1.807, 2.05) is 6.92 Å². The van der Waals surface area contributed by atoms with Crippen LogP contribution < -0.4 is 9.47 Å². The lowest BCUT2D eigenvalue weighted by atomic mass is 10.2. The minimum Gasteiger partial charge on any atom is -0.494 e. The van der Waals surface area contributed by atoms with Crippen LogP contribution in [0, 0.1) is 0 Å². The molecule has 5 heteroatoms. The van der Waals surface area contributed by atoms with Gasteiger partial charge in [-0.2, -0.15) is 0 Å². The Hall–Kier alpha value is -2.82. The standard InChI is InChI=1S/C24H30O5/c1-4-6-8-18(3)28-23(25)19-11-15-22(16-12-19)29-24(26)20-9-13-21(14-10-20)27-17-7-5-2/h9-16,18H,4-8,17H2,1-3H3/t18-/m0/s1. The average molecular weight is 398 g/mol. The van der Waals surface area contributed by atoms with Crippen LogP contribution in [0.1, 0.15) is 73.6 Å². The molecule has 0 unspecified atom stereocenters. The predicted octanol–water partition coefficient (Wildman–Crippen LogP) is 5.82. The molecule has 2 rings (SSSR count). The van der Waals surface area contributed by atoms with Crippen molar-refractivity contribution >= 4 is 11.9 Å². The van der Waals surface area contributed by atoms with Gasteiger partial charge >= 0.3 is 11.9 Å². The zero-order valence-corrected chi connectivity index (χ0v) is 17.5. The predicted molar refractivity (Wildman–Crippen MR) is 113 cm³/mol. The molecule has 0 amide bonds. The van der Waals surface area contributed by atoms with E-state index in [0.29, 0.717) is 23.5 Å². The van der Waals surface area contributed by atoms with E-state index in [-0.39, 0.29) is 12.1 Å². The van der Waals surface area contributed by atoms with Crippen molar-refractivity contribution in [2.24, 2.45) is 0 Å². The summed E-state index contributed by atoms with van der Waals surface area (Å²) in [6.45, 7) is 6.76. The van der Waals surface area contributed by atoms with E-state index in [9.17, 15) is 9.59 Å². The Morgan fingerprint density at radius 2 is 1.34 bits per heavy atom. The highest BCUT2D eigenvalue weighted by molar-refractivity contribution is 5.92. The Morgan fingerprint density at radius 1 is 0.793 bits per heavy atom. The molecular formula is C24H30O5. The fourth-order valence-corrected chi connectivity index (χ4v) is 2.65. The number of benzene rings is 2. The maximum atomic E-state index is 12.3. The number of carbonyl (C=O) groups is 2. The minimum absolute atomic E-state index is 0.117. The summed E-state index contributed by atoms with van der Waals surface area (Å²) in [6.07, 6.45) is 4.88. The smallest absolute Gasteiger partial charge is 0.343 e. The first-order valence-corrected chi connectivity index (χ1v) is 10.3. The third-order valence-electron chi connectivity index (χ3n) is 4.43. The molecule has 2 aromatic rings. The van der Waals surface area contributed by atoms with E-state index in [0.717, 1.165) is 37.9 Å². The quantitative estimate of drug-likeness (QED) is 0.271. The van der Waals surface area contributed by atoms with Crippen LogP contribution in [0.15, 0.2) is 48.5 Å². The molecule has 1 atom stereocenters. The van der Waals surface area contributed by atoms with Gasteiger partial charge in [0, 0.05) is 0 Å². The third-order valence-corrected chi connectivity index (χ3v) is 4.43. The molecule has 0 N–H and O–H groups in total. The van der Waals surface area contributed by atoms with Gasteiger partial charge in [-0.05, 0) is 68.3 Å². The summed E-state index contributed by atoms with van der Waals surface area (Å²) in [5.41, 5.74) is 0.864. The van der Waals surface area contributed by atoms with Crippen LogP contribution in [0.25, 0.3) is 0 Å². The van der Waals surface area contributed by atoms with Crippen LogP contribution in [0.4, 0.5) is 0 Å². The van der Waals surface area contributed by atoms with Crippen molar-refractivity contribution in [2.75, 3.05) is 6.61 Å². The molecule has 0 fully saturated rings. The van der Waals surface area contributed by atoms with E-state index in [1.54, 1.807) is 48.5 Å². The van der Waals surface area contributed by atoms with E-state index in [2.05, 4.69) is 13.8 Å². The lowest BCUT2D eigenvalue weighted by Crippen LogP contribution is -2.15. The van der Waals surface area contributed by atoms with Crippen LogP contribution in [-0.2, 0) is 4.74 Å². The van der Waals surface area contributed by atoms with E-state index in [1.165, 1.54) is 0 Å². The molecule has 0 radical (unpaired) electrons. The molecule has 5 nitrogen and oxygen atoms in total. The molecule has 156 valence electrons. The summed E-state index contributed by atoms with van der Waals surface area (Å²) in [4.78, 5) is 24.5. The number of unbranched alkanes of at least 4 members (excludes halogenated alkanes) is 2. The molecule has 2 aromatic carbocycles. The average Bonchev–Trinajstić information content (AvgIpc) is 2.73. The fraction of sp³-hybridized carbons (Fsp3) is 0.417. The molecule has 0 aromatic heterocycles. The number of carbonyl (C=O) groups excluding carboxylic acids is 2. The van der Waals surface area contributed by atoms with Crippen molar-refractivity contribution in [3.63, 3.8) is 0 Å². The summed E-state index contributed by atoms with van der Waals surface area (Å²) in [5, 5.41) is 0. The van der Waals surface area contributed by atoms with Crippen molar-refractivity contribution in [1.29, 1.82) is 0 Å². The number of rotatable bonds is 11. The molecule has 0 heterocycles. The van der Waals surface area contributed by atoms with Gasteiger partial charge in [0.05, 0.1) is 23.8 Å². The Balaban J connectivity index is 1.88. The van der Waals surface area contributed by atoms with Gasteiger partial charge in [-0.25, -0.2) is 9.59 Å². The number of hydrogen-bond donors (Lipinski definition) is 0. The zero-order valence-electron chi connectivity index (χ0n) is 17.5. The lowest BCUT2D eigenvalue weighted by Gasteiger charge is -2.13. The topological polar surface area (TPSA) is 61.8 Å². The molecule has 0 spiro atoms. The highest BCUT2D eigenvalue weighted by Crippen LogP contribution is 2.18. The van der Waals surface area contributed by atoms with Gasteiger partial charge in [0.2, 0.25) is 0 Å². The first kappa shape index (κ1) is 22.5. The molecule has 0 saturated heterocycles. The number of esters is 2. The van der Waals surface area contributed by atoms with Gasteiger partial charge in [0.15, 0.2) is 0 Å². The molecular weight excluding hydrogens is 368 g/mol. The van der Waals surface area contributed by atoms with Crippen LogP contribution in [0.3, 0.4) is 0 Å². The van der Waals surface area contributed by atoms with Gasteiger partial charge < -0.3 is 14.2 Å². The van der Waals surface area contributed by atoms with E-state index < -0.39 is 5.97 Å². The highest BCUT2D eigenvalue weighted by atomic mass is 16.5. The lowest BCUT2D eigenvalue weighted by molar-refractivity contribution is 0.0320. The first-order valence-electron chi connectivity index (χ1n) is 10.3. The van der Waals surface area contributed by atoms with Crippen molar-refractivity contribution in [3.8, 4) is 11.5 Å². The number of hydrogen-bond acceptors (Lipinski definition) is 5. The summed E-state index contributed by atoms with van der Waals surface area (Å²) in [6, 6.07) is 13.2. The Labute approximate surface area is 173 Å². The first-order chi connectivity index (χ1) is 14.0. The summed E-state index contributed by atoms with van der Waals surface area (Å²) in [7, 11) is 0. The monoisotopic (exact) mass is 398 g/mol. The van der Waals surface area contributed by atoms with Gasteiger partial charge in [-0.3, -0.25) is 0 Å². The molecule has 0 bridgehead atoms. The maximum Gasteiger partial charge on any atom is 0.343 e. The van der Waals surface area contributed by atoms with Crippen LogP contribution in [0.5, 0.6) is 11.5 Å². The van der Waals surface area contributed by atoms with Crippen LogP contribution in [0.2, 0.25) is 0 Å². The van der Waals surface area contributed by atoms with Crippen LogP contribution >= 0.6 is 0 Å². The normalized spacial score (nSPS) is 11.6. The fourth-order valence-electron chi connectivity index (χ4n) is 2.65. The molecule has 29 heavy (non-hydrogen) atoms. The van der Waals surface area contributed by atoms with Gasteiger partial charge in [-0.15, -0.1) is 0 Å². The molecule has 0 saturated carbocycles. The van der Waals surface area contributed by atoms with E-state index >= 15 is 0 Å². The number of ether oxygens (including phenoxy) is 3. The Morgan fingerprint density at radius 3 is 1.93 bits per heavy atom. The zero-order chi connectivity index (χ0) is 21.1. The summed E-state index contributed by atoms with van der Waals surface area (Å²) >= 11 is 0. The molecule has 0 aliphatic rings. The van der Waals surface area contributed by atoms with Crippen molar-refractivity contribution in [1.82, 2.24) is 0 Å². The van der Waals surface area contributed by atoms with Gasteiger partial charge in [-0.1, -0.05) is 33.1 Å². The second kappa shape index (κ2) is 11.9. The second-order valence-electron chi connectivity index (χ2n) is 7.00. The van der Waals surface area contributed by atoms with Gasteiger partial charge in [0.1, 0.15) is 11.5 Å². The largest absolute Gasteiger partial charge is 0.494 e. The third kappa shape index (κ3) is 7.60. The second-order valence-corrected chi connectivity index (χ2v) is 7.00. The summed E-state index contributed by atoms with van der Waals surface area (Å²) < 4.78 is 16.4. The van der Waals surface area contributed by atoms with Crippen molar-refractivity contribution < 1.29 is 23.8 Å². The maximum absolute atomic E-state index is 12.3.